The van der Waals surface area contributed by atoms with Crippen LogP contribution in [-0.4, -0.2) is 49.6 Å². The van der Waals surface area contributed by atoms with Crippen LogP contribution in [0.1, 0.15) is 47.0 Å². The minimum atomic E-state index is -2.50. The van der Waals surface area contributed by atoms with Crippen LogP contribution in [0, 0.1) is 28.6 Å². The van der Waals surface area contributed by atoms with Gasteiger partial charge in [0, 0.05) is 22.3 Å². The van der Waals surface area contributed by atoms with Crippen molar-refractivity contribution in [3.05, 3.63) is 35.9 Å². The van der Waals surface area contributed by atoms with E-state index in [0.29, 0.717) is 6.26 Å². The number of carbonyl (C=O) groups excluding carboxylic acids is 1. The van der Waals surface area contributed by atoms with Crippen LogP contribution >= 0.6 is 0 Å². The molecule has 0 aromatic heterocycles. The molecule has 2 unspecified atom stereocenters. The molecule has 0 saturated heterocycles. The molecule has 0 aliphatic heterocycles. The molecule has 0 amide bonds. The molecule has 3 aliphatic rings. The molecule has 2 saturated carbocycles. The summed E-state index contributed by atoms with van der Waals surface area (Å²) in [6.45, 7) is 9.27. The summed E-state index contributed by atoms with van der Waals surface area (Å²) in [6.07, 6.45) is -0.835. The number of Topliss-reactive ketones (excluding diaryl/α,β-unsaturated/α-hetero) is 1. The quantitative estimate of drug-likeness (QED) is 0.393. The average Bonchev–Trinajstić information content (AvgIpc) is 2.88. The maximum absolute atomic E-state index is 17.1. The molecule has 2 fully saturated rings. The van der Waals surface area contributed by atoms with E-state index in [9.17, 15) is 30.0 Å². The van der Waals surface area contributed by atoms with E-state index in [1.165, 1.54) is 20.8 Å². The first-order valence-corrected chi connectivity index (χ1v) is 10.4. The number of alkyl halides is 1. The molecule has 0 aromatic carbocycles. The molecule has 31 heavy (non-hydrogen) atoms. The summed E-state index contributed by atoms with van der Waals surface area (Å²) in [5, 5.41) is 41.5. The molecule has 8 heteroatoms. The Kier molecular flexibility index (Phi) is 5.31. The van der Waals surface area contributed by atoms with Crippen molar-refractivity contribution in [2.24, 2.45) is 28.6 Å². The van der Waals surface area contributed by atoms with Gasteiger partial charge in [-0.25, -0.2) is 13.6 Å². The van der Waals surface area contributed by atoms with Crippen LogP contribution in [-0.2, 0) is 9.59 Å². The molecule has 0 aromatic rings. The molecule has 0 bridgehead atoms. The van der Waals surface area contributed by atoms with Crippen LogP contribution < -0.4 is 0 Å². The number of aliphatic hydroxyl groups excluding tert-OH is 2. The van der Waals surface area contributed by atoms with Crippen LogP contribution in [0.4, 0.5) is 8.78 Å². The highest BCUT2D eigenvalue weighted by Crippen LogP contribution is 2.70. The van der Waals surface area contributed by atoms with Crippen molar-refractivity contribution in [2.45, 2.75) is 64.3 Å². The summed E-state index contributed by atoms with van der Waals surface area (Å²) < 4.78 is 32.2. The SMILES string of the molecule is C=C1C(F)=CC2C3C[C@@H](C)[C@](O)(C(=O)O)[C@@]3(C)C[C@H](O)[C@]2(F)[C@@]1(C)C/C(=C/O)C(C)=O. The number of halogens is 2. The van der Waals surface area contributed by atoms with E-state index in [0.717, 1.165) is 6.08 Å². The maximum Gasteiger partial charge on any atom is 0.336 e. The normalized spacial score (nSPS) is 47.4. The largest absolute Gasteiger partial charge is 0.515 e. The van der Waals surface area contributed by atoms with Crippen molar-refractivity contribution < 1.29 is 38.8 Å². The van der Waals surface area contributed by atoms with Gasteiger partial charge in [0.1, 0.15) is 5.83 Å². The van der Waals surface area contributed by atoms with E-state index in [1.807, 2.05) is 0 Å². The molecule has 3 aliphatic carbocycles. The van der Waals surface area contributed by atoms with Gasteiger partial charge in [0.2, 0.25) is 0 Å². The van der Waals surface area contributed by atoms with Crippen molar-refractivity contribution in [3.63, 3.8) is 0 Å². The van der Waals surface area contributed by atoms with Crippen LogP contribution in [0.25, 0.3) is 0 Å². The predicted octanol–water partition coefficient (Wildman–Crippen LogP) is 3.40. The lowest BCUT2D eigenvalue weighted by atomic mass is 9.46. The first-order chi connectivity index (χ1) is 14.1. The van der Waals surface area contributed by atoms with Gasteiger partial charge in [-0.2, -0.15) is 0 Å². The van der Waals surface area contributed by atoms with Crippen LogP contribution in [0.15, 0.2) is 35.9 Å². The number of fused-ring (bicyclic) bond motifs is 3. The smallest absolute Gasteiger partial charge is 0.336 e. The Bertz CT molecular complexity index is 912. The van der Waals surface area contributed by atoms with E-state index >= 15 is 8.78 Å². The first kappa shape index (κ1) is 23.6. The maximum atomic E-state index is 17.1. The number of aliphatic carboxylic acids is 1. The Balaban J connectivity index is 2.22. The summed E-state index contributed by atoms with van der Waals surface area (Å²) in [5.74, 6) is -5.60. The highest BCUT2D eigenvalue weighted by Gasteiger charge is 2.76. The standard InChI is InChI=1S/C23H30F2O6/c1-11-6-15-16-7-17(24)12(2)20(4,8-14(10-26)13(3)27)22(16,25)18(28)9-21(15,5)23(11,31)19(29)30/h7,10-11,15-16,18,26,28,31H,2,6,8-9H2,1,3-5H3,(H,29,30)/b14-10-/t11-,15?,16?,18+,20+,21+,22+,23+/m1/s1. The zero-order chi connectivity index (χ0) is 23.7. The van der Waals surface area contributed by atoms with Gasteiger partial charge in [-0.1, -0.05) is 27.4 Å². The number of carboxylic acid groups (broad SMARTS) is 1. The minimum Gasteiger partial charge on any atom is -0.515 e. The Morgan fingerprint density at radius 3 is 2.42 bits per heavy atom. The van der Waals surface area contributed by atoms with E-state index in [4.69, 9.17) is 0 Å². The van der Waals surface area contributed by atoms with Gasteiger partial charge < -0.3 is 20.4 Å². The summed E-state index contributed by atoms with van der Waals surface area (Å²) in [4.78, 5) is 24.0. The summed E-state index contributed by atoms with van der Waals surface area (Å²) >= 11 is 0. The van der Waals surface area contributed by atoms with Gasteiger partial charge in [-0.3, -0.25) is 4.79 Å². The molecule has 0 heterocycles. The number of rotatable bonds is 4. The Morgan fingerprint density at radius 1 is 1.35 bits per heavy atom. The second-order valence-corrected chi connectivity index (χ2v) is 9.96. The second kappa shape index (κ2) is 6.97. The molecule has 0 radical (unpaired) electrons. The third-order valence-electron chi connectivity index (χ3n) is 8.63. The van der Waals surface area contributed by atoms with Crippen LogP contribution in [0.5, 0.6) is 0 Å². The molecule has 172 valence electrons. The molecule has 0 spiro atoms. The molecular weight excluding hydrogens is 410 g/mol. The Morgan fingerprint density at radius 2 is 1.94 bits per heavy atom. The number of hydrogen-bond acceptors (Lipinski definition) is 5. The van der Waals surface area contributed by atoms with Gasteiger partial charge in [0.25, 0.3) is 0 Å². The topological polar surface area (TPSA) is 115 Å². The zero-order valence-corrected chi connectivity index (χ0v) is 18.2. The van der Waals surface area contributed by atoms with Gasteiger partial charge in [0.05, 0.1) is 12.4 Å². The number of ketones is 1. The Labute approximate surface area is 180 Å². The molecule has 8 atom stereocenters. The van der Waals surface area contributed by atoms with E-state index in [-0.39, 0.29) is 24.0 Å². The van der Waals surface area contributed by atoms with Crippen LogP contribution in [0.3, 0.4) is 0 Å². The highest BCUT2D eigenvalue weighted by molar-refractivity contribution is 5.93. The van der Waals surface area contributed by atoms with Gasteiger partial charge in [-0.05, 0) is 49.7 Å². The minimum absolute atomic E-state index is 0.115. The van der Waals surface area contributed by atoms with Crippen molar-refractivity contribution in [1.82, 2.24) is 0 Å². The number of carboxylic acids is 1. The summed E-state index contributed by atoms with van der Waals surface area (Å²) in [5.41, 5.74) is -8.30. The lowest BCUT2D eigenvalue weighted by molar-refractivity contribution is -0.219. The van der Waals surface area contributed by atoms with E-state index in [1.54, 1.807) is 6.92 Å². The van der Waals surface area contributed by atoms with Crippen molar-refractivity contribution in [3.8, 4) is 0 Å². The Hall–Kier alpha value is -2.06. The van der Waals surface area contributed by atoms with Crippen molar-refractivity contribution in [1.29, 1.82) is 0 Å². The fourth-order valence-electron chi connectivity index (χ4n) is 6.64. The average molecular weight is 440 g/mol. The van der Waals surface area contributed by atoms with Crippen molar-refractivity contribution in [2.75, 3.05) is 0 Å². The lowest BCUT2D eigenvalue weighted by Gasteiger charge is -2.61. The number of allylic oxidation sites excluding steroid dienone is 4. The van der Waals surface area contributed by atoms with Gasteiger partial charge >= 0.3 is 5.97 Å². The third kappa shape index (κ3) is 2.67. The summed E-state index contributed by atoms with van der Waals surface area (Å²) in [7, 11) is 0. The molecular formula is C23H30F2O6. The monoisotopic (exact) mass is 440 g/mol. The number of hydrogen-bond donors (Lipinski definition) is 4. The third-order valence-corrected chi connectivity index (χ3v) is 8.63. The number of carbonyl (C=O) groups is 2. The molecule has 4 N–H and O–H groups in total. The second-order valence-electron chi connectivity index (χ2n) is 9.96. The van der Waals surface area contributed by atoms with Crippen LogP contribution in [0.2, 0.25) is 0 Å². The highest BCUT2D eigenvalue weighted by atomic mass is 19.1. The van der Waals surface area contributed by atoms with Gasteiger partial charge in [0.15, 0.2) is 17.1 Å². The lowest BCUT2D eigenvalue weighted by Crippen LogP contribution is -2.68. The first-order valence-electron chi connectivity index (χ1n) is 10.4. The van der Waals surface area contributed by atoms with Crippen molar-refractivity contribution >= 4 is 11.8 Å². The number of aliphatic hydroxyl groups is 3. The molecule has 3 rings (SSSR count). The van der Waals surface area contributed by atoms with E-state index < -0.39 is 70.0 Å². The fraction of sp³-hybridized carbons (Fsp3) is 0.652. The zero-order valence-electron chi connectivity index (χ0n) is 18.2. The molecule has 6 nitrogen and oxygen atoms in total. The predicted molar refractivity (Wildman–Crippen MR) is 108 cm³/mol. The van der Waals surface area contributed by atoms with E-state index in [2.05, 4.69) is 6.58 Å². The summed E-state index contributed by atoms with van der Waals surface area (Å²) in [6, 6.07) is 0. The van der Waals surface area contributed by atoms with Gasteiger partial charge in [-0.15, -0.1) is 0 Å². The fourth-order valence-corrected chi connectivity index (χ4v) is 6.64.